The number of hydrogen-bond acceptors (Lipinski definition) is 14. The van der Waals surface area contributed by atoms with E-state index in [0.29, 0.717) is 41.4 Å². The first-order chi connectivity index (χ1) is 23.2. The molecular weight excluding hydrogens is 638 g/mol. The van der Waals surface area contributed by atoms with E-state index in [0.717, 1.165) is 63.1 Å². The van der Waals surface area contributed by atoms with Gasteiger partial charge in [-0.25, -0.2) is 23.1 Å². The number of nitrogens with zero attached hydrogens (tertiary/aromatic N) is 10. The van der Waals surface area contributed by atoms with Crippen molar-refractivity contribution in [3.05, 3.63) is 48.7 Å². The first-order valence-electron chi connectivity index (χ1n) is 16.0. The van der Waals surface area contributed by atoms with Crippen molar-refractivity contribution in [2.75, 3.05) is 50.2 Å². The van der Waals surface area contributed by atoms with Crippen LogP contribution in [0.25, 0.3) is 11.1 Å². The molecule has 1 aromatic carbocycles. The number of nitrogens with one attached hydrogen (secondary N) is 1. The Balaban J connectivity index is 1.15. The van der Waals surface area contributed by atoms with E-state index in [4.69, 9.17) is 19.3 Å². The van der Waals surface area contributed by atoms with Gasteiger partial charge in [-0.15, -0.1) is 10.2 Å². The van der Waals surface area contributed by atoms with Gasteiger partial charge in [-0.3, -0.25) is 9.58 Å². The van der Waals surface area contributed by atoms with Crippen molar-refractivity contribution in [1.82, 2.24) is 44.9 Å². The van der Waals surface area contributed by atoms with Crippen molar-refractivity contribution < 1.29 is 22.6 Å². The zero-order valence-corrected chi connectivity index (χ0v) is 27.8. The van der Waals surface area contributed by atoms with E-state index in [1.165, 1.54) is 12.6 Å². The Labute approximate surface area is 278 Å². The molecule has 17 heteroatoms. The summed E-state index contributed by atoms with van der Waals surface area (Å²) in [6.45, 7) is 5.80. The van der Waals surface area contributed by atoms with Gasteiger partial charge in [0.15, 0.2) is 9.84 Å². The molecule has 2 aliphatic rings. The summed E-state index contributed by atoms with van der Waals surface area (Å²) >= 11 is 0. The minimum absolute atomic E-state index is 0.0223. The van der Waals surface area contributed by atoms with Crippen molar-refractivity contribution in [1.29, 1.82) is 5.26 Å². The molecule has 1 saturated carbocycles. The summed E-state index contributed by atoms with van der Waals surface area (Å²) in [4.78, 5) is 11.6. The van der Waals surface area contributed by atoms with Crippen LogP contribution >= 0.6 is 0 Å². The maximum absolute atomic E-state index is 11.7. The molecule has 0 bridgehead atoms. The standard InChI is InChI=1S/C31H39N11O5S/c1-22(19-41-21-35-38-39-41)47-29-15-23(3-4-24(29)16-32)25-17-33-31(34-18-25)36-28-20-42(37-30(28)46-13-14-48(2,43)44)27-7-5-26(6-8-27)40-9-11-45-12-10-40/h3-4,15,17-18,20-22,26-27H,5-14,19H2,1-2H3,(H,33,34,36). The highest BCUT2D eigenvalue weighted by Gasteiger charge is 2.29. The Hall–Kier alpha value is -4.66. The van der Waals surface area contributed by atoms with Crippen LogP contribution in [-0.4, -0.2) is 110 Å². The molecule has 1 aliphatic carbocycles. The molecule has 1 N–H and O–H groups in total. The van der Waals surface area contributed by atoms with Crippen LogP contribution in [0.4, 0.5) is 11.6 Å². The van der Waals surface area contributed by atoms with Crippen LogP contribution in [0, 0.1) is 11.3 Å². The van der Waals surface area contributed by atoms with E-state index in [9.17, 15) is 13.7 Å². The third-order valence-corrected chi connectivity index (χ3v) is 9.40. The molecule has 6 rings (SSSR count). The van der Waals surface area contributed by atoms with E-state index in [-0.39, 0.29) is 24.5 Å². The second kappa shape index (κ2) is 15.0. The molecule has 1 atom stereocenters. The number of tetrazole rings is 1. The Kier molecular flexibility index (Phi) is 10.4. The molecule has 0 radical (unpaired) electrons. The van der Waals surface area contributed by atoms with Gasteiger partial charge in [-0.05, 0) is 60.7 Å². The fraction of sp³-hybridized carbons (Fsp3) is 0.516. The van der Waals surface area contributed by atoms with Crippen molar-refractivity contribution >= 4 is 21.5 Å². The van der Waals surface area contributed by atoms with Crippen LogP contribution in [0.3, 0.4) is 0 Å². The molecule has 1 aliphatic heterocycles. The summed E-state index contributed by atoms with van der Waals surface area (Å²) in [5.74, 6) is 0.927. The summed E-state index contributed by atoms with van der Waals surface area (Å²) in [5.41, 5.74) is 2.45. The van der Waals surface area contributed by atoms with Crippen LogP contribution in [-0.2, 0) is 21.1 Å². The second-order valence-electron chi connectivity index (χ2n) is 12.1. The van der Waals surface area contributed by atoms with Gasteiger partial charge in [0.25, 0.3) is 5.88 Å². The zero-order chi connectivity index (χ0) is 33.5. The van der Waals surface area contributed by atoms with Gasteiger partial charge < -0.3 is 19.5 Å². The lowest BCUT2D eigenvalue weighted by atomic mass is 9.90. The number of anilines is 2. The average Bonchev–Trinajstić information content (AvgIpc) is 3.75. The zero-order valence-electron chi connectivity index (χ0n) is 27.0. The molecule has 0 amide bonds. The molecule has 1 saturated heterocycles. The Morgan fingerprint density at radius 1 is 1.10 bits per heavy atom. The Morgan fingerprint density at radius 3 is 2.54 bits per heavy atom. The van der Waals surface area contributed by atoms with E-state index >= 15 is 0 Å². The van der Waals surface area contributed by atoms with Crippen molar-refractivity contribution in [2.45, 2.75) is 57.3 Å². The third-order valence-electron chi connectivity index (χ3n) is 8.49. The number of morpholine rings is 1. The SMILES string of the molecule is CC(Cn1cnnn1)Oc1cc(-c2cnc(Nc3cn(C4CCC(N5CCOCC5)CC4)nc3OCCS(C)(=O)=O)nc2)ccc1C#N. The van der Waals surface area contributed by atoms with E-state index in [1.54, 1.807) is 29.2 Å². The normalized spacial score (nSPS) is 19.4. The highest BCUT2D eigenvalue weighted by atomic mass is 32.2. The van der Waals surface area contributed by atoms with Gasteiger partial charge in [0.1, 0.15) is 36.5 Å². The first-order valence-corrected chi connectivity index (χ1v) is 18.0. The number of aromatic nitrogens is 8. The summed E-state index contributed by atoms with van der Waals surface area (Å²) in [7, 11) is -3.21. The number of benzene rings is 1. The van der Waals surface area contributed by atoms with Crippen LogP contribution in [0.2, 0.25) is 0 Å². The van der Waals surface area contributed by atoms with Crippen LogP contribution in [0.5, 0.6) is 11.6 Å². The molecule has 3 aromatic heterocycles. The van der Waals surface area contributed by atoms with Crippen molar-refractivity contribution in [3.8, 4) is 28.8 Å². The first kappa shape index (κ1) is 33.2. The highest BCUT2D eigenvalue weighted by molar-refractivity contribution is 7.90. The maximum Gasteiger partial charge on any atom is 0.256 e. The lowest BCUT2D eigenvalue weighted by molar-refractivity contribution is 0.00503. The van der Waals surface area contributed by atoms with E-state index in [2.05, 4.69) is 41.8 Å². The average molecular weight is 678 g/mol. The number of nitriles is 1. The number of sulfone groups is 1. The minimum atomic E-state index is -3.21. The number of rotatable bonds is 13. The summed E-state index contributed by atoms with van der Waals surface area (Å²) < 4.78 is 44.4. The molecule has 0 spiro atoms. The molecule has 4 aromatic rings. The maximum atomic E-state index is 11.7. The smallest absolute Gasteiger partial charge is 0.256 e. The minimum Gasteiger partial charge on any atom is -0.487 e. The number of ether oxygens (including phenoxy) is 3. The number of hydrogen-bond donors (Lipinski definition) is 1. The molecule has 254 valence electrons. The van der Waals surface area contributed by atoms with E-state index in [1.807, 2.05) is 23.9 Å². The van der Waals surface area contributed by atoms with Gasteiger partial charge in [0, 0.05) is 43.3 Å². The lowest BCUT2D eigenvalue weighted by Crippen LogP contribution is -2.45. The second-order valence-corrected chi connectivity index (χ2v) is 14.4. The fourth-order valence-electron chi connectivity index (χ4n) is 6.01. The van der Waals surface area contributed by atoms with Gasteiger partial charge in [-0.1, -0.05) is 6.07 Å². The summed E-state index contributed by atoms with van der Waals surface area (Å²) in [6, 6.07) is 8.22. The Morgan fingerprint density at radius 2 is 1.85 bits per heavy atom. The predicted molar refractivity (Wildman–Crippen MR) is 174 cm³/mol. The van der Waals surface area contributed by atoms with Gasteiger partial charge in [0.2, 0.25) is 5.95 Å². The largest absolute Gasteiger partial charge is 0.487 e. The van der Waals surface area contributed by atoms with Gasteiger partial charge in [-0.2, -0.15) is 5.26 Å². The quantitative estimate of drug-likeness (QED) is 0.217. The van der Waals surface area contributed by atoms with Crippen LogP contribution in [0.1, 0.15) is 44.2 Å². The third kappa shape index (κ3) is 8.62. The van der Waals surface area contributed by atoms with Crippen molar-refractivity contribution in [2.24, 2.45) is 0 Å². The van der Waals surface area contributed by atoms with E-state index < -0.39 is 9.84 Å². The monoisotopic (exact) mass is 677 g/mol. The summed E-state index contributed by atoms with van der Waals surface area (Å²) in [6.07, 6.45) is 11.7. The molecule has 2 fully saturated rings. The molecule has 1 unspecified atom stereocenters. The van der Waals surface area contributed by atoms with Gasteiger partial charge in [0.05, 0.1) is 43.3 Å². The molecule has 48 heavy (non-hydrogen) atoms. The Bertz CT molecular complexity index is 1800. The van der Waals surface area contributed by atoms with Gasteiger partial charge >= 0.3 is 0 Å². The topological polar surface area (TPSA) is 188 Å². The molecular formula is C31H39N11O5S. The lowest BCUT2D eigenvalue weighted by Gasteiger charge is -2.38. The van der Waals surface area contributed by atoms with Crippen molar-refractivity contribution in [3.63, 3.8) is 0 Å². The summed E-state index contributed by atoms with van der Waals surface area (Å²) in [5, 5.41) is 28.7. The fourth-order valence-corrected chi connectivity index (χ4v) is 6.40. The highest BCUT2D eigenvalue weighted by Crippen LogP contribution is 2.35. The van der Waals surface area contributed by atoms with Crippen LogP contribution in [0.15, 0.2) is 43.1 Å². The van der Waals surface area contributed by atoms with Crippen LogP contribution < -0.4 is 14.8 Å². The molecule has 16 nitrogen and oxygen atoms in total. The predicted octanol–water partition coefficient (Wildman–Crippen LogP) is 2.65. The molecule has 4 heterocycles.